The first kappa shape index (κ1) is 23.1. The van der Waals surface area contributed by atoms with Gasteiger partial charge >= 0.3 is 0 Å². The first-order chi connectivity index (χ1) is 15.3. The largest absolute Gasteiger partial charge is 0.491 e. The van der Waals surface area contributed by atoms with Gasteiger partial charge in [-0.25, -0.2) is 0 Å². The van der Waals surface area contributed by atoms with Crippen molar-refractivity contribution in [2.45, 2.75) is 63.2 Å². The summed E-state index contributed by atoms with van der Waals surface area (Å²) in [6.07, 6.45) is -6.09. The highest BCUT2D eigenvalue weighted by atomic mass is 16.7. The standard InChI is InChI=1S/C24H30O8/c1-13-9-17-12-31-24(23(29)21(28)20(27)22(32-24)14(2)26)19(17)11-16(13)10-15-3-5-18(6-4-15)30-8-7-25/h3-6,9,11,14,20-23,25-29H,7-8,10,12H2,1-2H3/t14-,20+,21+,22-,23-,24+/m1/s1. The second kappa shape index (κ2) is 9.07. The van der Waals surface area contributed by atoms with Crippen molar-refractivity contribution in [2.75, 3.05) is 13.2 Å². The normalized spacial score (nSPS) is 30.3. The van der Waals surface area contributed by atoms with E-state index in [0.29, 0.717) is 17.7 Å². The Hall–Kier alpha value is -2.04. The van der Waals surface area contributed by atoms with Crippen LogP contribution in [-0.2, 0) is 28.3 Å². The van der Waals surface area contributed by atoms with Crippen LogP contribution in [0.2, 0.25) is 0 Å². The summed E-state index contributed by atoms with van der Waals surface area (Å²) < 4.78 is 17.2. The lowest BCUT2D eigenvalue weighted by Crippen LogP contribution is -2.64. The SMILES string of the molecule is Cc1cc2c(cc1Cc1ccc(OCCO)cc1)[C@]1(OC2)O[C@H]([C@@H](C)O)[C@@H](O)[C@H](O)[C@H]1O. The van der Waals surface area contributed by atoms with Crippen LogP contribution >= 0.6 is 0 Å². The molecule has 2 aromatic carbocycles. The number of hydrogen-bond acceptors (Lipinski definition) is 8. The van der Waals surface area contributed by atoms with Gasteiger partial charge in [0.05, 0.1) is 19.3 Å². The van der Waals surface area contributed by atoms with Crippen molar-refractivity contribution >= 4 is 0 Å². The molecule has 6 atom stereocenters. The van der Waals surface area contributed by atoms with Crippen molar-refractivity contribution in [3.8, 4) is 5.75 Å². The van der Waals surface area contributed by atoms with E-state index in [1.807, 2.05) is 43.3 Å². The molecule has 0 amide bonds. The van der Waals surface area contributed by atoms with E-state index in [-0.39, 0.29) is 19.8 Å². The number of rotatable bonds is 6. The Kier molecular flexibility index (Phi) is 6.56. The summed E-state index contributed by atoms with van der Waals surface area (Å²) in [5, 5.41) is 50.5. The minimum absolute atomic E-state index is 0.0462. The summed E-state index contributed by atoms with van der Waals surface area (Å²) in [6.45, 7) is 3.82. The fourth-order valence-electron chi connectivity index (χ4n) is 4.47. The average Bonchev–Trinajstić information content (AvgIpc) is 3.12. The van der Waals surface area contributed by atoms with Gasteiger partial charge in [-0.2, -0.15) is 0 Å². The van der Waals surface area contributed by atoms with Crippen LogP contribution in [0.1, 0.15) is 34.7 Å². The molecule has 2 aromatic rings. The van der Waals surface area contributed by atoms with Crippen LogP contribution in [0.25, 0.3) is 0 Å². The quantitative estimate of drug-likeness (QED) is 0.434. The predicted octanol–water partition coefficient (Wildman–Crippen LogP) is 0.502. The topological polar surface area (TPSA) is 129 Å². The van der Waals surface area contributed by atoms with Gasteiger partial charge in [-0.3, -0.25) is 0 Å². The lowest BCUT2D eigenvalue weighted by molar-refractivity contribution is -0.374. The zero-order valence-corrected chi connectivity index (χ0v) is 18.1. The maximum Gasteiger partial charge on any atom is 0.225 e. The molecule has 174 valence electrons. The third-order valence-electron chi connectivity index (χ3n) is 6.24. The smallest absolute Gasteiger partial charge is 0.225 e. The van der Waals surface area contributed by atoms with E-state index in [2.05, 4.69) is 0 Å². The van der Waals surface area contributed by atoms with Gasteiger partial charge in [-0.05, 0) is 60.7 Å². The average molecular weight is 446 g/mol. The second-order valence-corrected chi connectivity index (χ2v) is 8.53. The number of fused-ring (bicyclic) bond motifs is 2. The Labute approximate surface area is 186 Å². The van der Waals surface area contributed by atoms with Gasteiger partial charge < -0.3 is 39.7 Å². The Morgan fingerprint density at radius 2 is 1.84 bits per heavy atom. The van der Waals surface area contributed by atoms with Crippen LogP contribution in [0, 0.1) is 6.92 Å². The number of aliphatic hydroxyl groups excluding tert-OH is 5. The highest BCUT2D eigenvalue weighted by Gasteiger charge is 2.59. The second-order valence-electron chi connectivity index (χ2n) is 8.53. The molecule has 2 aliphatic rings. The van der Waals surface area contributed by atoms with Gasteiger partial charge in [0.25, 0.3) is 0 Å². The number of aliphatic hydroxyl groups is 5. The summed E-state index contributed by atoms with van der Waals surface area (Å²) in [6, 6.07) is 11.5. The monoisotopic (exact) mass is 446 g/mol. The fourth-order valence-corrected chi connectivity index (χ4v) is 4.47. The molecule has 4 rings (SSSR count). The van der Waals surface area contributed by atoms with Crippen molar-refractivity contribution in [3.63, 3.8) is 0 Å². The molecule has 0 bridgehead atoms. The first-order valence-corrected chi connectivity index (χ1v) is 10.8. The van der Waals surface area contributed by atoms with Crippen molar-refractivity contribution in [3.05, 3.63) is 64.2 Å². The van der Waals surface area contributed by atoms with E-state index in [4.69, 9.17) is 19.3 Å². The molecule has 5 N–H and O–H groups in total. The van der Waals surface area contributed by atoms with Gasteiger partial charge in [0.2, 0.25) is 5.79 Å². The van der Waals surface area contributed by atoms with Crippen LogP contribution in [0.3, 0.4) is 0 Å². The Morgan fingerprint density at radius 1 is 1.12 bits per heavy atom. The molecular formula is C24H30O8. The Balaban J connectivity index is 1.65. The lowest BCUT2D eigenvalue weighted by Gasteiger charge is -2.47. The molecule has 32 heavy (non-hydrogen) atoms. The summed E-state index contributed by atoms with van der Waals surface area (Å²) in [5.74, 6) is -0.989. The Bertz CT molecular complexity index is 944. The Morgan fingerprint density at radius 3 is 2.50 bits per heavy atom. The van der Waals surface area contributed by atoms with Gasteiger partial charge in [0.1, 0.15) is 36.8 Å². The molecule has 0 radical (unpaired) electrons. The van der Waals surface area contributed by atoms with Crippen molar-refractivity contribution in [1.82, 2.24) is 0 Å². The van der Waals surface area contributed by atoms with Crippen LogP contribution in [-0.4, -0.2) is 69.3 Å². The summed E-state index contributed by atoms with van der Waals surface area (Å²) >= 11 is 0. The third kappa shape index (κ3) is 4.04. The zero-order chi connectivity index (χ0) is 23.0. The number of aryl methyl sites for hydroxylation is 1. The van der Waals surface area contributed by atoms with E-state index in [9.17, 15) is 20.4 Å². The molecule has 1 saturated heterocycles. The molecule has 8 nitrogen and oxygen atoms in total. The molecule has 0 saturated carbocycles. The molecule has 1 spiro atoms. The molecule has 0 aromatic heterocycles. The van der Waals surface area contributed by atoms with Crippen molar-refractivity contribution in [1.29, 1.82) is 0 Å². The predicted molar refractivity (Wildman–Crippen MR) is 114 cm³/mol. The number of hydrogen-bond donors (Lipinski definition) is 5. The molecule has 0 unspecified atom stereocenters. The van der Waals surface area contributed by atoms with Crippen LogP contribution < -0.4 is 4.74 Å². The van der Waals surface area contributed by atoms with Crippen LogP contribution in [0.15, 0.2) is 36.4 Å². The molecule has 0 aliphatic carbocycles. The molecule has 2 heterocycles. The summed E-state index contributed by atoms with van der Waals surface area (Å²) in [4.78, 5) is 0. The van der Waals surface area contributed by atoms with Crippen LogP contribution in [0.4, 0.5) is 0 Å². The highest BCUT2D eigenvalue weighted by molar-refractivity contribution is 5.45. The van der Waals surface area contributed by atoms with E-state index in [0.717, 1.165) is 22.3 Å². The molecule has 8 heteroatoms. The number of ether oxygens (including phenoxy) is 3. The van der Waals surface area contributed by atoms with Gasteiger partial charge in [0.15, 0.2) is 0 Å². The van der Waals surface area contributed by atoms with E-state index in [1.54, 1.807) is 0 Å². The van der Waals surface area contributed by atoms with Crippen molar-refractivity contribution < 1.29 is 39.7 Å². The van der Waals surface area contributed by atoms with Gasteiger partial charge in [-0.1, -0.05) is 18.2 Å². The van der Waals surface area contributed by atoms with Crippen LogP contribution in [0.5, 0.6) is 5.75 Å². The van der Waals surface area contributed by atoms with E-state index >= 15 is 0 Å². The minimum Gasteiger partial charge on any atom is -0.491 e. The van der Waals surface area contributed by atoms with E-state index in [1.165, 1.54) is 6.92 Å². The summed E-state index contributed by atoms with van der Waals surface area (Å²) in [7, 11) is 0. The minimum atomic E-state index is -1.67. The molecule has 2 aliphatic heterocycles. The lowest BCUT2D eigenvalue weighted by atomic mass is 9.84. The summed E-state index contributed by atoms with van der Waals surface area (Å²) in [5.41, 5.74) is 4.49. The third-order valence-corrected chi connectivity index (χ3v) is 6.24. The molecular weight excluding hydrogens is 416 g/mol. The fraction of sp³-hybridized carbons (Fsp3) is 0.500. The maximum atomic E-state index is 10.8. The number of benzene rings is 2. The maximum absolute atomic E-state index is 10.8. The first-order valence-electron chi connectivity index (χ1n) is 10.8. The highest BCUT2D eigenvalue weighted by Crippen LogP contribution is 2.47. The van der Waals surface area contributed by atoms with Gasteiger partial charge in [0, 0.05) is 5.56 Å². The zero-order valence-electron chi connectivity index (χ0n) is 18.1. The molecule has 1 fully saturated rings. The van der Waals surface area contributed by atoms with Crippen molar-refractivity contribution in [2.24, 2.45) is 0 Å². The van der Waals surface area contributed by atoms with E-state index < -0.39 is 36.3 Å². The van der Waals surface area contributed by atoms with Gasteiger partial charge in [-0.15, -0.1) is 0 Å².